The van der Waals surface area contributed by atoms with Crippen LogP contribution >= 0.6 is 15.9 Å². The van der Waals surface area contributed by atoms with Crippen molar-refractivity contribution >= 4 is 26.0 Å². The van der Waals surface area contributed by atoms with Crippen LogP contribution in [0, 0.1) is 6.92 Å². The van der Waals surface area contributed by atoms with E-state index in [1.165, 1.54) is 3.97 Å². The molecule has 0 aliphatic heterocycles. The minimum Gasteiger partial charge on any atom is -0.249 e. The highest BCUT2D eigenvalue weighted by Crippen LogP contribution is 2.17. The molecule has 16 heavy (non-hydrogen) atoms. The summed E-state index contributed by atoms with van der Waals surface area (Å²) >= 11 is 3.27. The van der Waals surface area contributed by atoms with E-state index in [-0.39, 0.29) is 4.90 Å². The smallest absolute Gasteiger partial charge is 0.249 e. The summed E-state index contributed by atoms with van der Waals surface area (Å²) in [6, 6.07) is 8.34. The first kappa shape index (κ1) is 11.4. The lowest BCUT2D eigenvalue weighted by Crippen LogP contribution is -2.10. The van der Waals surface area contributed by atoms with Crippen LogP contribution < -0.4 is 0 Å². The molecule has 1 aromatic carbocycles. The molecule has 0 saturated heterocycles. The van der Waals surface area contributed by atoms with Gasteiger partial charge in [0.1, 0.15) is 0 Å². The molecule has 3 nitrogen and oxygen atoms in total. The number of rotatable bonds is 2. The Bertz CT molecular complexity index is 599. The summed E-state index contributed by atoms with van der Waals surface area (Å²) in [5.74, 6) is 0. The summed E-state index contributed by atoms with van der Waals surface area (Å²) in [6.07, 6.45) is 3.14. The summed E-state index contributed by atoms with van der Waals surface area (Å²) in [6.45, 7) is 1.85. The number of halogens is 1. The molecule has 0 unspecified atom stereocenters. The summed E-state index contributed by atoms with van der Waals surface area (Å²) in [5, 5.41) is 0. The zero-order valence-electron chi connectivity index (χ0n) is 8.59. The van der Waals surface area contributed by atoms with Gasteiger partial charge in [0.25, 0.3) is 10.0 Å². The zero-order valence-corrected chi connectivity index (χ0v) is 11.0. The number of aromatic nitrogens is 1. The molecule has 0 radical (unpaired) electrons. The highest BCUT2D eigenvalue weighted by Gasteiger charge is 2.15. The maximum atomic E-state index is 12.1. The predicted octanol–water partition coefficient (Wildman–Crippen LogP) is 2.80. The van der Waals surface area contributed by atoms with Gasteiger partial charge in [-0.1, -0.05) is 15.9 Å². The molecule has 0 amide bonds. The lowest BCUT2D eigenvalue weighted by Gasteiger charge is -2.05. The van der Waals surface area contributed by atoms with Gasteiger partial charge in [0, 0.05) is 16.9 Å². The Morgan fingerprint density at radius 2 is 1.75 bits per heavy atom. The van der Waals surface area contributed by atoms with Gasteiger partial charge in [-0.15, -0.1) is 0 Å². The van der Waals surface area contributed by atoms with Crippen LogP contribution in [0.25, 0.3) is 0 Å². The Balaban J connectivity index is 2.51. The quantitative estimate of drug-likeness (QED) is 0.855. The maximum absolute atomic E-state index is 12.1. The number of nitrogens with zero attached hydrogens (tertiary/aromatic N) is 1. The molecule has 0 aliphatic rings. The van der Waals surface area contributed by atoms with Gasteiger partial charge >= 0.3 is 0 Å². The topological polar surface area (TPSA) is 39.1 Å². The first-order valence-electron chi connectivity index (χ1n) is 4.66. The molecule has 2 rings (SSSR count). The lowest BCUT2D eigenvalue weighted by molar-refractivity contribution is 0.587. The molecule has 0 saturated carbocycles. The SMILES string of the molecule is Cc1ccn(S(=O)(=O)c2ccc(Br)cc2)c1. The Morgan fingerprint density at radius 1 is 1.12 bits per heavy atom. The van der Waals surface area contributed by atoms with Gasteiger partial charge in [-0.3, -0.25) is 0 Å². The number of benzene rings is 1. The van der Waals surface area contributed by atoms with Crippen molar-refractivity contribution in [2.24, 2.45) is 0 Å². The minimum atomic E-state index is -3.44. The number of hydrogen-bond donors (Lipinski definition) is 0. The summed E-state index contributed by atoms with van der Waals surface area (Å²) < 4.78 is 26.3. The van der Waals surface area contributed by atoms with E-state index in [0.717, 1.165) is 10.0 Å². The van der Waals surface area contributed by atoms with Gasteiger partial charge in [0.15, 0.2) is 0 Å². The van der Waals surface area contributed by atoms with Crippen molar-refractivity contribution in [2.75, 3.05) is 0 Å². The molecule has 1 heterocycles. The Labute approximate surface area is 103 Å². The van der Waals surface area contributed by atoms with Gasteiger partial charge in [-0.05, 0) is 42.8 Å². The largest absolute Gasteiger partial charge is 0.267 e. The van der Waals surface area contributed by atoms with Crippen LogP contribution in [-0.2, 0) is 10.0 Å². The third-order valence-electron chi connectivity index (χ3n) is 2.20. The van der Waals surface area contributed by atoms with Crippen LogP contribution in [0.15, 0.2) is 52.1 Å². The van der Waals surface area contributed by atoms with E-state index in [4.69, 9.17) is 0 Å². The highest BCUT2D eigenvalue weighted by molar-refractivity contribution is 9.10. The molecular formula is C11H10BrNO2S. The van der Waals surface area contributed by atoms with Gasteiger partial charge < -0.3 is 0 Å². The minimum absolute atomic E-state index is 0.284. The second-order valence-electron chi connectivity index (χ2n) is 3.48. The van der Waals surface area contributed by atoms with Crippen LogP contribution in [0.5, 0.6) is 0 Å². The van der Waals surface area contributed by atoms with Crippen molar-refractivity contribution < 1.29 is 8.42 Å². The van der Waals surface area contributed by atoms with Crippen molar-refractivity contribution in [3.63, 3.8) is 0 Å². The average Bonchev–Trinajstić information content (AvgIpc) is 2.66. The van der Waals surface area contributed by atoms with Crippen molar-refractivity contribution in [3.05, 3.63) is 52.8 Å². The van der Waals surface area contributed by atoms with E-state index in [0.29, 0.717) is 0 Å². The van der Waals surface area contributed by atoms with Gasteiger partial charge in [0.05, 0.1) is 4.90 Å². The molecule has 5 heteroatoms. The van der Waals surface area contributed by atoms with Crippen LogP contribution in [0.4, 0.5) is 0 Å². The zero-order chi connectivity index (χ0) is 11.8. The van der Waals surface area contributed by atoms with Crippen LogP contribution in [-0.4, -0.2) is 12.4 Å². The Hall–Kier alpha value is -1.07. The van der Waals surface area contributed by atoms with E-state index in [9.17, 15) is 8.42 Å². The fraction of sp³-hybridized carbons (Fsp3) is 0.0909. The van der Waals surface area contributed by atoms with Crippen molar-refractivity contribution in [1.82, 2.24) is 3.97 Å². The summed E-state index contributed by atoms with van der Waals surface area (Å²) in [7, 11) is -3.44. The van der Waals surface area contributed by atoms with Crippen LogP contribution in [0.2, 0.25) is 0 Å². The average molecular weight is 300 g/mol. The van der Waals surface area contributed by atoms with Crippen molar-refractivity contribution in [3.8, 4) is 0 Å². The molecular weight excluding hydrogens is 290 g/mol. The Morgan fingerprint density at radius 3 is 2.25 bits per heavy atom. The first-order valence-corrected chi connectivity index (χ1v) is 6.89. The normalized spacial score (nSPS) is 11.6. The second kappa shape index (κ2) is 4.07. The van der Waals surface area contributed by atoms with E-state index in [1.54, 1.807) is 42.7 Å². The molecule has 2 aromatic rings. The van der Waals surface area contributed by atoms with E-state index in [2.05, 4.69) is 15.9 Å². The molecule has 0 N–H and O–H groups in total. The third kappa shape index (κ3) is 2.05. The fourth-order valence-corrected chi connectivity index (χ4v) is 2.87. The van der Waals surface area contributed by atoms with E-state index >= 15 is 0 Å². The summed E-state index contributed by atoms with van der Waals surface area (Å²) in [4.78, 5) is 0.284. The van der Waals surface area contributed by atoms with Crippen LogP contribution in [0.1, 0.15) is 5.56 Å². The molecule has 84 valence electrons. The van der Waals surface area contributed by atoms with E-state index in [1.807, 2.05) is 6.92 Å². The molecule has 1 aromatic heterocycles. The van der Waals surface area contributed by atoms with E-state index < -0.39 is 10.0 Å². The standard InChI is InChI=1S/C11H10BrNO2S/c1-9-6-7-13(8-9)16(14,15)11-4-2-10(12)3-5-11/h2-8H,1H3. The lowest BCUT2D eigenvalue weighted by atomic mass is 10.4. The summed E-state index contributed by atoms with van der Waals surface area (Å²) in [5.41, 5.74) is 0.917. The van der Waals surface area contributed by atoms with Gasteiger partial charge in [-0.2, -0.15) is 0 Å². The van der Waals surface area contributed by atoms with Gasteiger partial charge in [0.2, 0.25) is 0 Å². The Kier molecular flexibility index (Phi) is 2.90. The second-order valence-corrected chi connectivity index (χ2v) is 6.24. The monoisotopic (exact) mass is 299 g/mol. The fourth-order valence-electron chi connectivity index (χ4n) is 1.36. The molecule has 0 aliphatic carbocycles. The molecule has 0 atom stereocenters. The number of hydrogen-bond acceptors (Lipinski definition) is 2. The van der Waals surface area contributed by atoms with Crippen molar-refractivity contribution in [1.29, 1.82) is 0 Å². The first-order chi connectivity index (χ1) is 7.50. The van der Waals surface area contributed by atoms with Crippen LogP contribution in [0.3, 0.4) is 0 Å². The molecule has 0 fully saturated rings. The maximum Gasteiger partial charge on any atom is 0.267 e. The number of aryl methyl sites for hydroxylation is 1. The molecule has 0 bridgehead atoms. The van der Waals surface area contributed by atoms with Gasteiger partial charge in [-0.25, -0.2) is 12.4 Å². The third-order valence-corrected chi connectivity index (χ3v) is 4.38. The highest BCUT2D eigenvalue weighted by atomic mass is 79.9. The van der Waals surface area contributed by atoms with Crippen molar-refractivity contribution in [2.45, 2.75) is 11.8 Å². The molecule has 0 spiro atoms. The predicted molar refractivity (Wildman–Crippen MR) is 65.9 cm³/mol.